The number of thiol groups is 1. The maximum absolute atomic E-state index is 13.0. The van der Waals surface area contributed by atoms with Crippen LogP contribution in [0.4, 0.5) is 5.95 Å². The van der Waals surface area contributed by atoms with Crippen molar-refractivity contribution in [2.24, 2.45) is 0 Å². The number of hydrogen-bond acceptors (Lipinski definition) is 9. The third-order valence-corrected chi connectivity index (χ3v) is 6.75. The fraction of sp³-hybridized carbons (Fsp3) is 0.353. The van der Waals surface area contributed by atoms with E-state index in [-0.39, 0.29) is 36.8 Å². The molecule has 0 amide bonds. The van der Waals surface area contributed by atoms with Crippen LogP contribution < -0.4 is 11.3 Å². The summed E-state index contributed by atoms with van der Waals surface area (Å²) < 4.78 is 13.7. The first-order valence-corrected chi connectivity index (χ1v) is 12.1. The van der Waals surface area contributed by atoms with Gasteiger partial charge in [-0.2, -0.15) is 4.98 Å². The van der Waals surface area contributed by atoms with E-state index in [0.29, 0.717) is 4.73 Å². The number of imidazole rings is 1. The second kappa shape index (κ2) is 8.91. The zero-order chi connectivity index (χ0) is 21.4. The minimum Gasteiger partial charge on any atom is -0.388 e. The van der Waals surface area contributed by atoms with E-state index in [9.17, 15) is 15.0 Å². The van der Waals surface area contributed by atoms with Gasteiger partial charge in [-0.05, 0) is 21.5 Å². The van der Waals surface area contributed by atoms with Crippen LogP contribution in [0, 0.1) is 0 Å². The lowest BCUT2D eigenvalue weighted by atomic mass is 10.1. The van der Waals surface area contributed by atoms with Crippen molar-refractivity contribution < 1.29 is 19.3 Å². The summed E-state index contributed by atoms with van der Waals surface area (Å²) in [5.41, 5.74) is 6.92. The fourth-order valence-corrected chi connectivity index (χ4v) is 5.06. The van der Waals surface area contributed by atoms with Gasteiger partial charge in [-0.1, -0.05) is 42.6 Å². The molecule has 0 aliphatic carbocycles. The minimum atomic E-state index is -1.49. The van der Waals surface area contributed by atoms with Crippen molar-refractivity contribution in [1.29, 1.82) is 0 Å². The maximum atomic E-state index is 13.0. The molecule has 0 spiro atoms. The Kier molecular flexibility index (Phi) is 6.44. The summed E-state index contributed by atoms with van der Waals surface area (Å²) in [6, 6.07) is 9.40. The van der Waals surface area contributed by atoms with Crippen LogP contribution in [0.25, 0.3) is 11.2 Å². The third-order valence-electron chi connectivity index (χ3n) is 4.72. The van der Waals surface area contributed by atoms with E-state index in [4.69, 9.17) is 14.8 Å². The van der Waals surface area contributed by atoms with Crippen molar-refractivity contribution in [3.63, 3.8) is 0 Å². The van der Waals surface area contributed by atoms with Crippen LogP contribution in [0.1, 0.15) is 5.56 Å². The van der Waals surface area contributed by atoms with Crippen LogP contribution in [0.15, 0.2) is 39.9 Å². The molecule has 160 valence electrons. The second-order valence-corrected chi connectivity index (χ2v) is 9.38. The predicted molar refractivity (Wildman–Crippen MR) is 118 cm³/mol. The van der Waals surface area contributed by atoms with Crippen LogP contribution in [-0.4, -0.2) is 54.2 Å². The first-order chi connectivity index (χ1) is 14.3. The molecule has 4 rings (SSSR count). The van der Waals surface area contributed by atoms with E-state index >= 15 is 0 Å². The maximum Gasteiger partial charge on any atom is 0.283 e. The third kappa shape index (κ3) is 4.26. The van der Waals surface area contributed by atoms with E-state index in [1.54, 1.807) is 0 Å². The zero-order valence-corrected chi connectivity index (χ0v) is 18.9. The first-order valence-electron chi connectivity index (χ1n) is 8.96. The highest BCUT2D eigenvalue weighted by molar-refractivity contribution is 9.10. The van der Waals surface area contributed by atoms with Gasteiger partial charge >= 0.3 is 0 Å². The molecule has 30 heavy (non-hydrogen) atoms. The van der Waals surface area contributed by atoms with Gasteiger partial charge in [0.15, 0.2) is 15.9 Å². The normalized spacial score (nSPS) is 23.0. The number of aromatic nitrogens is 4. The lowest BCUT2D eigenvalue weighted by molar-refractivity contribution is -0.0833. The average Bonchev–Trinajstić information content (AvgIpc) is 3.03. The summed E-state index contributed by atoms with van der Waals surface area (Å²) in [7, 11) is -1.49. The number of aliphatic hydroxyl groups is 2. The van der Waals surface area contributed by atoms with Gasteiger partial charge in [0.25, 0.3) is 5.56 Å². The SMILES string of the molecule is Nc1nc2c(nc(Br)n2CC(O)C2OP(S)OCC2O)c(=O)n1Cc1ccccc1. The topological polar surface area (TPSA) is 138 Å². The summed E-state index contributed by atoms with van der Waals surface area (Å²) >= 11 is 7.44. The van der Waals surface area contributed by atoms with Gasteiger partial charge in [0.05, 0.1) is 19.7 Å². The molecule has 1 fully saturated rings. The smallest absolute Gasteiger partial charge is 0.283 e. The van der Waals surface area contributed by atoms with E-state index in [1.165, 1.54) is 9.13 Å². The van der Waals surface area contributed by atoms with Gasteiger partial charge in [0.1, 0.15) is 18.3 Å². The molecule has 1 aromatic carbocycles. The molecule has 13 heteroatoms. The molecule has 10 nitrogen and oxygen atoms in total. The van der Waals surface area contributed by atoms with Gasteiger partial charge in [0.2, 0.25) is 13.5 Å². The Labute approximate surface area is 185 Å². The molecule has 3 heterocycles. The van der Waals surface area contributed by atoms with Crippen molar-refractivity contribution in [1.82, 2.24) is 19.1 Å². The molecule has 1 aliphatic rings. The molecule has 4 N–H and O–H groups in total. The van der Waals surface area contributed by atoms with Crippen molar-refractivity contribution in [3.8, 4) is 0 Å². The average molecular weight is 516 g/mol. The number of nitrogens with zero attached hydrogens (tertiary/aromatic N) is 4. The number of nitrogens with two attached hydrogens (primary N) is 1. The van der Waals surface area contributed by atoms with E-state index in [1.807, 2.05) is 30.3 Å². The number of benzene rings is 1. The Balaban J connectivity index is 1.67. The van der Waals surface area contributed by atoms with Crippen LogP contribution in [0.5, 0.6) is 0 Å². The van der Waals surface area contributed by atoms with Gasteiger partial charge < -0.3 is 29.6 Å². The largest absolute Gasteiger partial charge is 0.388 e. The standard InChI is InChI=1S/C17H19BrN5O5PS/c18-16-20-12-14(22(16)7-10(24)13-11(25)8-27-29(30)28-13)21-17(19)23(15(12)26)6-9-4-2-1-3-5-9/h1-5,10-11,13,24-25,30H,6-8H2,(H2,19,21). The molecule has 1 saturated heterocycles. The lowest BCUT2D eigenvalue weighted by Crippen LogP contribution is -2.45. The molecule has 0 bridgehead atoms. The number of hydrogen-bond donors (Lipinski definition) is 4. The molecular formula is C17H19BrN5O5PS. The predicted octanol–water partition coefficient (Wildman–Crippen LogP) is 1.28. The Morgan fingerprint density at radius 3 is 2.80 bits per heavy atom. The summed E-state index contributed by atoms with van der Waals surface area (Å²) in [6.45, 7) is 0.234. The minimum absolute atomic E-state index is 0.0121. The highest BCUT2D eigenvalue weighted by Gasteiger charge is 2.36. The Morgan fingerprint density at radius 1 is 1.33 bits per heavy atom. The molecule has 3 aromatic rings. The van der Waals surface area contributed by atoms with Crippen molar-refractivity contribution in [2.75, 3.05) is 12.3 Å². The summed E-state index contributed by atoms with van der Waals surface area (Å²) in [6.07, 6.45) is -3.03. The van der Waals surface area contributed by atoms with Crippen molar-refractivity contribution >= 4 is 52.9 Å². The van der Waals surface area contributed by atoms with Crippen LogP contribution in [0.2, 0.25) is 0 Å². The van der Waals surface area contributed by atoms with Crippen LogP contribution in [-0.2, 0) is 22.1 Å². The quantitative estimate of drug-likeness (QED) is 0.226. The summed E-state index contributed by atoms with van der Waals surface area (Å²) in [5, 5.41) is 20.7. The Morgan fingerprint density at radius 2 is 2.07 bits per heavy atom. The first kappa shape index (κ1) is 21.7. The number of aliphatic hydroxyl groups excluding tert-OH is 2. The number of rotatable bonds is 5. The number of halogens is 1. The van der Waals surface area contributed by atoms with Crippen molar-refractivity contribution in [3.05, 3.63) is 51.0 Å². The van der Waals surface area contributed by atoms with Crippen LogP contribution in [0.3, 0.4) is 0 Å². The molecule has 0 saturated carbocycles. The van der Waals surface area contributed by atoms with Gasteiger partial charge in [-0.3, -0.25) is 9.36 Å². The molecule has 2 aromatic heterocycles. The molecule has 4 atom stereocenters. The highest BCUT2D eigenvalue weighted by atomic mass is 79.9. The fourth-order valence-electron chi connectivity index (χ4n) is 3.21. The molecule has 0 radical (unpaired) electrons. The van der Waals surface area contributed by atoms with Gasteiger partial charge in [-0.25, -0.2) is 4.98 Å². The van der Waals surface area contributed by atoms with E-state index in [2.05, 4.69) is 38.1 Å². The van der Waals surface area contributed by atoms with Gasteiger partial charge in [-0.15, -0.1) is 0 Å². The lowest BCUT2D eigenvalue weighted by Gasteiger charge is -2.33. The van der Waals surface area contributed by atoms with Gasteiger partial charge in [0, 0.05) is 0 Å². The van der Waals surface area contributed by atoms with Crippen LogP contribution >= 0.6 is 35.8 Å². The van der Waals surface area contributed by atoms with Crippen molar-refractivity contribution in [2.45, 2.75) is 31.4 Å². The number of anilines is 1. The Bertz CT molecular complexity index is 1110. The summed E-state index contributed by atoms with van der Waals surface area (Å²) in [5.74, 6) is 0.0284. The molecule has 4 unspecified atom stereocenters. The number of nitrogen functional groups attached to an aromatic ring is 1. The summed E-state index contributed by atoms with van der Waals surface area (Å²) in [4.78, 5) is 21.6. The van der Waals surface area contributed by atoms with E-state index < -0.39 is 31.4 Å². The second-order valence-electron chi connectivity index (χ2n) is 6.75. The monoisotopic (exact) mass is 515 g/mol. The molecule has 1 aliphatic heterocycles. The van der Waals surface area contributed by atoms with E-state index in [0.717, 1.165) is 5.56 Å². The number of fused-ring (bicyclic) bond motifs is 1. The highest BCUT2D eigenvalue weighted by Crippen LogP contribution is 2.48. The zero-order valence-electron chi connectivity index (χ0n) is 15.5. The molecular weight excluding hydrogens is 497 g/mol. The Hall–Kier alpha value is -1.53.